The minimum absolute atomic E-state index is 0.151. The van der Waals surface area contributed by atoms with E-state index in [1.807, 2.05) is 12.3 Å². The average molecular weight is 282 g/mol. The summed E-state index contributed by atoms with van der Waals surface area (Å²) in [6.45, 7) is 6.02. The fourth-order valence-electron chi connectivity index (χ4n) is 2.95. The number of rotatable bonds is 4. The first-order valence-corrected chi connectivity index (χ1v) is 7.70. The van der Waals surface area contributed by atoms with Gasteiger partial charge in [0, 0.05) is 5.39 Å². The van der Waals surface area contributed by atoms with E-state index in [-0.39, 0.29) is 6.04 Å². The molecular weight excluding hydrogens is 260 g/mol. The zero-order valence-corrected chi connectivity index (χ0v) is 12.7. The van der Waals surface area contributed by atoms with Gasteiger partial charge in [0.2, 0.25) is 0 Å². The first-order chi connectivity index (χ1) is 10.3. The summed E-state index contributed by atoms with van der Waals surface area (Å²) in [7, 11) is 0. The van der Waals surface area contributed by atoms with Gasteiger partial charge < -0.3 is 10.1 Å². The highest BCUT2D eigenvalue weighted by Crippen LogP contribution is 2.29. The zero-order valence-electron chi connectivity index (χ0n) is 12.7. The van der Waals surface area contributed by atoms with Crippen molar-refractivity contribution < 1.29 is 4.74 Å². The van der Waals surface area contributed by atoms with Crippen LogP contribution >= 0.6 is 0 Å². The molecule has 3 nitrogen and oxygen atoms in total. The molecule has 1 atom stereocenters. The van der Waals surface area contributed by atoms with Gasteiger partial charge in [-0.05, 0) is 49.6 Å². The third-order valence-corrected chi connectivity index (χ3v) is 3.98. The van der Waals surface area contributed by atoms with Crippen molar-refractivity contribution >= 4 is 10.9 Å². The van der Waals surface area contributed by atoms with Crippen molar-refractivity contribution in [3.63, 3.8) is 0 Å². The largest absolute Gasteiger partial charge is 0.501 e. The Labute approximate surface area is 126 Å². The van der Waals surface area contributed by atoms with Gasteiger partial charge in [-0.15, -0.1) is 0 Å². The second-order valence-corrected chi connectivity index (χ2v) is 5.54. The average Bonchev–Trinajstić information content (AvgIpc) is 2.53. The summed E-state index contributed by atoms with van der Waals surface area (Å²) < 4.78 is 5.52. The minimum atomic E-state index is 0.151. The predicted octanol–water partition coefficient (Wildman–Crippen LogP) is 3.89. The maximum atomic E-state index is 5.52. The van der Waals surface area contributed by atoms with Gasteiger partial charge in [0.1, 0.15) is 0 Å². The molecule has 0 saturated carbocycles. The fraction of sp³-hybridized carbons (Fsp3) is 0.389. The van der Waals surface area contributed by atoms with E-state index in [9.17, 15) is 0 Å². The van der Waals surface area contributed by atoms with Gasteiger partial charge in [0.15, 0.2) is 0 Å². The molecular formula is C18H22N2O. The first-order valence-electron chi connectivity index (χ1n) is 7.70. The highest BCUT2D eigenvalue weighted by molar-refractivity contribution is 5.82. The van der Waals surface area contributed by atoms with Crippen molar-refractivity contribution in [1.82, 2.24) is 10.3 Å². The number of hydrogen-bond donors (Lipinski definition) is 1. The molecule has 1 aliphatic heterocycles. The zero-order chi connectivity index (χ0) is 14.7. The van der Waals surface area contributed by atoms with Crippen LogP contribution in [0.1, 0.15) is 37.1 Å². The molecule has 0 fully saturated rings. The van der Waals surface area contributed by atoms with Gasteiger partial charge in [-0.25, -0.2) is 0 Å². The molecule has 2 heterocycles. The number of likely N-dealkylation sites (N-methyl/N-ethyl adjacent to an activating group) is 1. The van der Waals surface area contributed by atoms with E-state index in [0.717, 1.165) is 37.2 Å². The third-order valence-electron chi connectivity index (χ3n) is 3.98. The van der Waals surface area contributed by atoms with Gasteiger partial charge in [-0.3, -0.25) is 4.98 Å². The maximum absolute atomic E-state index is 5.52. The molecule has 1 aromatic carbocycles. The summed E-state index contributed by atoms with van der Waals surface area (Å²) in [6, 6.07) is 10.7. The van der Waals surface area contributed by atoms with E-state index in [2.05, 4.69) is 43.4 Å². The molecule has 1 aromatic heterocycles. The molecule has 3 heteroatoms. The topological polar surface area (TPSA) is 34.1 Å². The normalized spacial score (nSPS) is 16.4. The fourth-order valence-corrected chi connectivity index (χ4v) is 2.95. The molecule has 0 bridgehead atoms. The van der Waals surface area contributed by atoms with Crippen molar-refractivity contribution in [2.45, 2.75) is 32.7 Å². The number of aromatic nitrogens is 1. The Kier molecular flexibility index (Phi) is 4.20. The van der Waals surface area contributed by atoms with Gasteiger partial charge >= 0.3 is 0 Å². The van der Waals surface area contributed by atoms with Crippen molar-refractivity contribution in [3.8, 4) is 0 Å². The number of nitrogens with one attached hydrogen (secondary N) is 1. The Hall–Kier alpha value is -1.87. The van der Waals surface area contributed by atoms with Crippen molar-refractivity contribution in [3.05, 3.63) is 53.4 Å². The second kappa shape index (κ2) is 6.27. The predicted molar refractivity (Wildman–Crippen MR) is 86.2 cm³/mol. The monoisotopic (exact) mass is 282 g/mol. The Bertz CT molecular complexity index is 663. The summed E-state index contributed by atoms with van der Waals surface area (Å²) in [5.41, 5.74) is 4.72. The van der Waals surface area contributed by atoms with Crippen LogP contribution in [0.3, 0.4) is 0 Å². The van der Waals surface area contributed by atoms with Crippen molar-refractivity contribution in [1.29, 1.82) is 0 Å². The first kappa shape index (κ1) is 14.1. The Morgan fingerprint density at radius 1 is 1.33 bits per heavy atom. The number of hydrogen-bond acceptors (Lipinski definition) is 3. The van der Waals surface area contributed by atoms with Crippen LogP contribution < -0.4 is 5.32 Å². The number of nitrogens with zero attached hydrogens (tertiary/aromatic N) is 1. The number of aryl methyl sites for hydroxylation is 1. The van der Waals surface area contributed by atoms with Crippen LogP contribution in [0.2, 0.25) is 0 Å². The number of fused-ring (bicyclic) bond motifs is 1. The quantitative estimate of drug-likeness (QED) is 0.924. The molecule has 1 aliphatic rings. The van der Waals surface area contributed by atoms with E-state index in [4.69, 9.17) is 9.72 Å². The van der Waals surface area contributed by atoms with Crippen LogP contribution in [0.15, 0.2) is 42.2 Å². The van der Waals surface area contributed by atoms with Crippen molar-refractivity contribution in [2.24, 2.45) is 0 Å². The number of pyridine rings is 1. The number of benzene rings is 1. The Morgan fingerprint density at radius 2 is 2.19 bits per heavy atom. The van der Waals surface area contributed by atoms with Gasteiger partial charge in [-0.1, -0.05) is 25.1 Å². The summed E-state index contributed by atoms with van der Waals surface area (Å²) in [6.07, 6.45) is 4.08. The number of ether oxygens (including phenoxy) is 1. The minimum Gasteiger partial charge on any atom is -0.501 e. The van der Waals surface area contributed by atoms with Crippen LogP contribution in [0.25, 0.3) is 10.9 Å². The van der Waals surface area contributed by atoms with Crippen molar-refractivity contribution in [2.75, 3.05) is 13.2 Å². The SMILES string of the molecule is CCNC(C1=COCCC1)c1cc(C)c2ccccc2n1. The molecule has 0 radical (unpaired) electrons. The maximum Gasteiger partial charge on any atom is 0.0876 e. The highest BCUT2D eigenvalue weighted by Gasteiger charge is 2.20. The molecule has 0 spiro atoms. The smallest absolute Gasteiger partial charge is 0.0876 e. The lowest BCUT2D eigenvalue weighted by molar-refractivity contribution is 0.219. The number of para-hydroxylation sites is 1. The lowest BCUT2D eigenvalue weighted by Crippen LogP contribution is -2.25. The summed E-state index contributed by atoms with van der Waals surface area (Å²) >= 11 is 0. The molecule has 2 aromatic rings. The molecule has 0 aliphatic carbocycles. The Balaban J connectivity index is 2.04. The van der Waals surface area contributed by atoms with Crippen LogP contribution in [0.4, 0.5) is 0 Å². The molecule has 21 heavy (non-hydrogen) atoms. The molecule has 0 amide bonds. The molecule has 0 saturated heterocycles. The van der Waals surface area contributed by atoms with Crippen LogP contribution in [0, 0.1) is 6.92 Å². The summed E-state index contributed by atoms with van der Waals surface area (Å²) in [5.74, 6) is 0. The Morgan fingerprint density at radius 3 is 2.95 bits per heavy atom. The van der Waals surface area contributed by atoms with Crippen LogP contribution in [-0.2, 0) is 4.74 Å². The van der Waals surface area contributed by atoms with Gasteiger partial charge in [-0.2, -0.15) is 0 Å². The molecule has 1 N–H and O–H groups in total. The lowest BCUT2D eigenvalue weighted by Gasteiger charge is -2.24. The standard InChI is InChI=1S/C18H22N2O/c1-3-19-18(14-7-6-10-21-12-14)17-11-13(2)15-8-4-5-9-16(15)20-17/h4-5,8-9,11-12,18-19H,3,6-7,10H2,1-2H3. The highest BCUT2D eigenvalue weighted by atomic mass is 16.5. The van der Waals surface area contributed by atoms with E-state index >= 15 is 0 Å². The second-order valence-electron chi connectivity index (χ2n) is 5.54. The van der Waals surface area contributed by atoms with E-state index in [0.29, 0.717) is 0 Å². The third kappa shape index (κ3) is 2.93. The van der Waals surface area contributed by atoms with Gasteiger partial charge in [0.25, 0.3) is 0 Å². The summed E-state index contributed by atoms with van der Waals surface area (Å²) in [5, 5.41) is 4.78. The van der Waals surface area contributed by atoms with Gasteiger partial charge in [0.05, 0.1) is 30.1 Å². The summed E-state index contributed by atoms with van der Waals surface area (Å²) in [4.78, 5) is 4.87. The van der Waals surface area contributed by atoms with E-state index in [1.165, 1.54) is 16.5 Å². The van der Waals surface area contributed by atoms with Crippen LogP contribution in [0.5, 0.6) is 0 Å². The lowest BCUT2D eigenvalue weighted by atomic mass is 9.97. The van der Waals surface area contributed by atoms with E-state index < -0.39 is 0 Å². The van der Waals surface area contributed by atoms with E-state index in [1.54, 1.807) is 0 Å². The molecule has 110 valence electrons. The van der Waals surface area contributed by atoms with Crippen LogP contribution in [-0.4, -0.2) is 18.1 Å². The molecule has 3 rings (SSSR count). The molecule has 1 unspecified atom stereocenters.